The third-order valence-electron chi connectivity index (χ3n) is 14.5. The highest BCUT2D eigenvalue weighted by molar-refractivity contribution is 7.47. The first-order chi connectivity index (χ1) is 39.4. The number of carbonyl (C=O) groups is 4. The zero-order chi connectivity index (χ0) is 60.8. The van der Waals surface area contributed by atoms with Crippen LogP contribution < -0.4 is 0 Å². The molecule has 0 aliphatic rings. The van der Waals surface area contributed by atoms with Gasteiger partial charge in [-0.3, -0.25) is 37.3 Å². The molecule has 0 aromatic rings. The van der Waals surface area contributed by atoms with Gasteiger partial charge in [0.2, 0.25) is 0 Å². The second-order valence-corrected chi connectivity index (χ2v) is 26.7. The number of phosphoric acid groups is 2. The summed E-state index contributed by atoms with van der Waals surface area (Å²) in [5.41, 5.74) is 0. The molecular weight excluding hydrogens is 1090 g/mol. The fraction of sp³-hybridized carbons (Fsp3) is 0.937. The lowest BCUT2D eigenvalue weighted by atomic mass is 10.0. The van der Waals surface area contributed by atoms with Crippen molar-refractivity contribution in [2.24, 2.45) is 11.8 Å². The van der Waals surface area contributed by atoms with Gasteiger partial charge in [0.25, 0.3) is 0 Å². The van der Waals surface area contributed by atoms with Crippen molar-refractivity contribution in [1.82, 2.24) is 0 Å². The lowest BCUT2D eigenvalue weighted by Crippen LogP contribution is -2.30. The summed E-state index contributed by atoms with van der Waals surface area (Å²) in [6, 6.07) is 0. The second-order valence-electron chi connectivity index (χ2n) is 23.7. The molecule has 0 aromatic carbocycles. The molecule has 0 saturated carbocycles. The Morgan fingerprint density at radius 2 is 0.561 bits per heavy atom. The second kappa shape index (κ2) is 55.6. The van der Waals surface area contributed by atoms with Gasteiger partial charge in [0.1, 0.15) is 19.3 Å². The van der Waals surface area contributed by atoms with Crippen LogP contribution in [0.1, 0.15) is 311 Å². The molecule has 0 aromatic heterocycles. The molecule has 0 aliphatic heterocycles. The molecule has 0 rings (SSSR count). The molecule has 0 radical (unpaired) electrons. The van der Waals surface area contributed by atoms with Crippen molar-refractivity contribution in [1.29, 1.82) is 0 Å². The average molecular weight is 1210 g/mol. The number of carbonyl (C=O) groups excluding carboxylic acids is 4. The first kappa shape index (κ1) is 80.1. The lowest BCUT2D eigenvalue weighted by molar-refractivity contribution is -0.161. The molecule has 17 nitrogen and oxygen atoms in total. The normalized spacial score (nSPS) is 14.3. The maximum atomic E-state index is 13.0. The summed E-state index contributed by atoms with van der Waals surface area (Å²) in [4.78, 5) is 72.0. The van der Waals surface area contributed by atoms with E-state index in [0.717, 1.165) is 121 Å². The van der Waals surface area contributed by atoms with Crippen LogP contribution in [0.25, 0.3) is 0 Å². The number of hydrogen-bond donors (Lipinski definition) is 3. The van der Waals surface area contributed by atoms with Crippen molar-refractivity contribution in [3.8, 4) is 0 Å². The fourth-order valence-electron chi connectivity index (χ4n) is 9.35. The van der Waals surface area contributed by atoms with Gasteiger partial charge in [0.15, 0.2) is 12.2 Å². The van der Waals surface area contributed by atoms with Crippen molar-refractivity contribution >= 4 is 39.5 Å². The molecular formula is C63H122O17P2. The molecule has 5 atom stereocenters. The number of rotatable bonds is 62. The maximum absolute atomic E-state index is 13.0. The Hall–Kier alpha value is -1.94. The molecule has 82 heavy (non-hydrogen) atoms. The monoisotopic (exact) mass is 1210 g/mol. The van der Waals surface area contributed by atoms with Crippen molar-refractivity contribution in [2.75, 3.05) is 39.6 Å². The molecule has 2 unspecified atom stereocenters. The van der Waals surface area contributed by atoms with E-state index in [4.69, 9.17) is 37.0 Å². The largest absolute Gasteiger partial charge is 0.472 e. The quantitative estimate of drug-likeness (QED) is 0.0222. The molecule has 0 saturated heterocycles. The smallest absolute Gasteiger partial charge is 0.462 e. The molecule has 0 fully saturated rings. The first-order valence-electron chi connectivity index (χ1n) is 33.0. The highest BCUT2D eigenvalue weighted by atomic mass is 31.2. The zero-order valence-corrected chi connectivity index (χ0v) is 54.6. The molecule has 3 N–H and O–H groups in total. The Kier molecular flexibility index (Phi) is 54.3. The van der Waals surface area contributed by atoms with Crippen LogP contribution in [0, 0.1) is 11.8 Å². The van der Waals surface area contributed by atoms with E-state index in [-0.39, 0.29) is 25.7 Å². The van der Waals surface area contributed by atoms with Crippen molar-refractivity contribution in [2.45, 2.75) is 330 Å². The number of aliphatic hydroxyl groups excluding tert-OH is 1. The van der Waals surface area contributed by atoms with Crippen molar-refractivity contribution in [3.63, 3.8) is 0 Å². The van der Waals surface area contributed by atoms with Gasteiger partial charge in [-0.15, -0.1) is 0 Å². The molecule has 0 spiro atoms. The highest BCUT2D eigenvalue weighted by Gasteiger charge is 2.30. The summed E-state index contributed by atoms with van der Waals surface area (Å²) in [6.45, 7) is 9.41. The van der Waals surface area contributed by atoms with Crippen LogP contribution in [0.5, 0.6) is 0 Å². The van der Waals surface area contributed by atoms with Crippen LogP contribution in [0.2, 0.25) is 0 Å². The van der Waals surface area contributed by atoms with Crippen LogP contribution in [0.15, 0.2) is 0 Å². The van der Waals surface area contributed by atoms with Gasteiger partial charge in [-0.05, 0) is 37.5 Å². The van der Waals surface area contributed by atoms with Crippen molar-refractivity contribution < 1.29 is 80.2 Å². The predicted octanol–water partition coefficient (Wildman–Crippen LogP) is 17.3. The van der Waals surface area contributed by atoms with Crippen LogP contribution in [-0.4, -0.2) is 96.7 Å². The molecule has 0 bridgehead atoms. The van der Waals surface area contributed by atoms with Crippen LogP contribution in [0.3, 0.4) is 0 Å². The van der Waals surface area contributed by atoms with Gasteiger partial charge in [-0.1, -0.05) is 260 Å². The lowest BCUT2D eigenvalue weighted by Gasteiger charge is -2.21. The van der Waals surface area contributed by atoms with E-state index >= 15 is 0 Å². The summed E-state index contributed by atoms with van der Waals surface area (Å²) in [6.07, 6.45) is 37.7. The summed E-state index contributed by atoms with van der Waals surface area (Å²) in [5, 5.41) is 10.5. The minimum Gasteiger partial charge on any atom is -0.462 e. The Morgan fingerprint density at radius 3 is 0.829 bits per heavy atom. The molecule has 0 amide bonds. The Labute approximate surface area is 498 Å². The van der Waals surface area contributed by atoms with E-state index in [9.17, 15) is 43.2 Å². The average Bonchev–Trinajstić information content (AvgIpc) is 3.44. The Morgan fingerprint density at radius 1 is 0.329 bits per heavy atom. The number of phosphoric ester groups is 2. The number of hydrogen-bond acceptors (Lipinski definition) is 15. The topological polar surface area (TPSA) is 237 Å². The van der Waals surface area contributed by atoms with Gasteiger partial charge in [-0.25, -0.2) is 9.13 Å². The van der Waals surface area contributed by atoms with E-state index in [1.165, 1.54) is 109 Å². The minimum atomic E-state index is -4.94. The summed E-state index contributed by atoms with van der Waals surface area (Å²) >= 11 is 0. The third-order valence-corrected chi connectivity index (χ3v) is 16.4. The predicted molar refractivity (Wildman–Crippen MR) is 326 cm³/mol. The Balaban J connectivity index is 5.20. The van der Waals surface area contributed by atoms with Crippen molar-refractivity contribution in [3.05, 3.63) is 0 Å². The van der Waals surface area contributed by atoms with Gasteiger partial charge < -0.3 is 33.8 Å². The van der Waals surface area contributed by atoms with E-state index < -0.39 is 97.5 Å². The first-order valence-corrected chi connectivity index (χ1v) is 36.0. The molecule has 0 heterocycles. The fourth-order valence-corrected chi connectivity index (χ4v) is 10.9. The Bertz CT molecular complexity index is 1620. The molecule has 486 valence electrons. The van der Waals surface area contributed by atoms with Crippen LogP contribution in [0.4, 0.5) is 0 Å². The number of esters is 4. The van der Waals surface area contributed by atoms with Gasteiger partial charge in [-0.2, -0.15) is 0 Å². The van der Waals surface area contributed by atoms with E-state index in [1.54, 1.807) is 0 Å². The number of ether oxygens (including phenoxy) is 4. The molecule has 19 heteroatoms. The van der Waals surface area contributed by atoms with Crippen LogP contribution >= 0.6 is 15.6 Å². The third kappa shape index (κ3) is 57.2. The van der Waals surface area contributed by atoms with E-state index in [0.29, 0.717) is 25.7 Å². The highest BCUT2D eigenvalue weighted by Crippen LogP contribution is 2.45. The van der Waals surface area contributed by atoms with E-state index in [1.807, 2.05) is 0 Å². The van der Waals surface area contributed by atoms with Crippen LogP contribution in [-0.2, 0) is 65.4 Å². The van der Waals surface area contributed by atoms with Gasteiger partial charge in [0, 0.05) is 25.7 Å². The number of unbranched alkanes of at least 4 members (excludes halogenated alkanes) is 32. The molecule has 0 aliphatic carbocycles. The maximum Gasteiger partial charge on any atom is 0.472 e. The SMILES string of the molecule is CCCCCCCCCCC(=O)O[C@H](COC(=O)CCCCCCCCC)COP(=O)(O)OC[C@H](O)COP(=O)(O)OC[C@@H](COC(=O)CCCCCCCCCCCC(C)C)OC(=O)CCCCCCCCCCCCCCC(C)C. The van der Waals surface area contributed by atoms with Gasteiger partial charge in [0.05, 0.1) is 26.4 Å². The summed E-state index contributed by atoms with van der Waals surface area (Å²) in [7, 11) is -9.88. The minimum absolute atomic E-state index is 0.104. The summed E-state index contributed by atoms with van der Waals surface area (Å²) in [5.74, 6) is -0.621. The zero-order valence-electron chi connectivity index (χ0n) is 52.8. The summed E-state index contributed by atoms with van der Waals surface area (Å²) < 4.78 is 67.8. The standard InChI is InChI=1S/C63H122O17P2/c1-7-9-11-13-15-28-35-41-47-62(67)79-58(51-73-60(65)45-39-33-25-14-12-10-8-2)53-77-81(69,70)75-49-57(64)50-76-82(71,72)78-54-59(52-74-61(66)46-40-34-29-24-20-22-27-32-38-44-56(5)6)80-63(68)48-42-36-30-23-19-17-16-18-21-26-31-37-43-55(3)4/h55-59,64H,7-54H2,1-6H3,(H,69,70)(H,71,72)/t57-,58+,59+/m0/s1. The number of aliphatic hydroxyl groups is 1. The van der Waals surface area contributed by atoms with Gasteiger partial charge >= 0.3 is 39.5 Å². The van der Waals surface area contributed by atoms with E-state index in [2.05, 4.69) is 41.5 Å².